The van der Waals surface area contributed by atoms with Crippen LogP contribution < -0.4 is 5.32 Å². The van der Waals surface area contributed by atoms with Gasteiger partial charge in [0, 0.05) is 19.3 Å². The quantitative estimate of drug-likeness (QED) is 0.848. The molecular formula is C15H22N2O. The van der Waals surface area contributed by atoms with Gasteiger partial charge in [-0.15, -0.1) is 0 Å². The van der Waals surface area contributed by atoms with Crippen LogP contribution in [0.4, 0.5) is 4.79 Å². The van der Waals surface area contributed by atoms with Crippen molar-refractivity contribution in [2.75, 3.05) is 6.54 Å². The van der Waals surface area contributed by atoms with Crippen LogP contribution in [0.3, 0.4) is 0 Å². The maximum Gasteiger partial charge on any atom is 0.321 e. The van der Waals surface area contributed by atoms with E-state index in [1.165, 1.54) is 0 Å². The van der Waals surface area contributed by atoms with Crippen LogP contribution in [-0.2, 0) is 6.54 Å². The van der Waals surface area contributed by atoms with Crippen LogP contribution in [0, 0.1) is 5.92 Å². The highest BCUT2D eigenvalue weighted by Crippen LogP contribution is 2.04. The van der Waals surface area contributed by atoms with Crippen molar-refractivity contribution in [3.8, 4) is 0 Å². The molecule has 1 rings (SSSR count). The van der Waals surface area contributed by atoms with Crippen molar-refractivity contribution in [3.63, 3.8) is 0 Å². The SMILES string of the molecule is CCN(Cc1ccccc1)C(=O)N/C=C/C(C)C. The van der Waals surface area contributed by atoms with Gasteiger partial charge in [0.05, 0.1) is 0 Å². The predicted octanol–water partition coefficient (Wildman–Crippen LogP) is 3.39. The average Bonchev–Trinajstić information content (AvgIpc) is 2.36. The van der Waals surface area contributed by atoms with E-state index in [1.807, 2.05) is 43.3 Å². The Balaban J connectivity index is 2.53. The number of urea groups is 1. The van der Waals surface area contributed by atoms with Gasteiger partial charge >= 0.3 is 6.03 Å². The Bertz CT molecular complexity index is 385. The van der Waals surface area contributed by atoms with Crippen molar-refractivity contribution in [1.29, 1.82) is 0 Å². The van der Waals surface area contributed by atoms with Crippen LogP contribution in [0.2, 0.25) is 0 Å². The zero-order chi connectivity index (χ0) is 13.4. The van der Waals surface area contributed by atoms with Crippen molar-refractivity contribution in [3.05, 3.63) is 48.2 Å². The summed E-state index contributed by atoms with van der Waals surface area (Å²) in [6.07, 6.45) is 3.69. The lowest BCUT2D eigenvalue weighted by Gasteiger charge is -2.20. The molecule has 0 heterocycles. The normalized spacial score (nSPS) is 10.9. The van der Waals surface area contributed by atoms with Gasteiger partial charge in [0.2, 0.25) is 0 Å². The number of carbonyl (C=O) groups excluding carboxylic acids is 1. The second kappa shape index (κ2) is 7.54. The lowest BCUT2D eigenvalue weighted by molar-refractivity contribution is 0.202. The van der Waals surface area contributed by atoms with Crippen molar-refractivity contribution in [1.82, 2.24) is 10.2 Å². The van der Waals surface area contributed by atoms with E-state index in [9.17, 15) is 4.79 Å². The number of hydrogen-bond donors (Lipinski definition) is 1. The Morgan fingerprint density at radius 1 is 1.33 bits per heavy atom. The summed E-state index contributed by atoms with van der Waals surface area (Å²) in [7, 11) is 0. The van der Waals surface area contributed by atoms with E-state index < -0.39 is 0 Å². The van der Waals surface area contributed by atoms with E-state index in [0.717, 1.165) is 5.56 Å². The maximum absolute atomic E-state index is 11.9. The Morgan fingerprint density at radius 3 is 2.56 bits per heavy atom. The Morgan fingerprint density at radius 2 is 2.00 bits per heavy atom. The van der Waals surface area contributed by atoms with Crippen LogP contribution in [0.25, 0.3) is 0 Å². The monoisotopic (exact) mass is 246 g/mol. The Labute approximate surface area is 109 Å². The van der Waals surface area contributed by atoms with Crippen molar-refractivity contribution in [2.24, 2.45) is 5.92 Å². The summed E-state index contributed by atoms with van der Waals surface area (Å²) in [5.74, 6) is 0.439. The van der Waals surface area contributed by atoms with E-state index in [0.29, 0.717) is 19.0 Å². The molecule has 98 valence electrons. The highest BCUT2D eigenvalue weighted by molar-refractivity contribution is 5.75. The maximum atomic E-state index is 11.9. The van der Waals surface area contributed by atoms with Gasteiger partial charge in [0.1, 0.15) is 0 Å². The molecule has 0 aromatic heterocycles. The van der Waals surface area contributed by atoms with E-state index in [1.54, 1.807) is 11.1 Å². The summed E-state index contributed by atoms with van der Waals surface area (Å²) in [4.78, 5) is 13.7. The fourth-order valence-electron chi connectivity index (χ4n) is 1.53. The number of carbonyl (C=O) groups is 1. The second-order valence-corrected chi connectivity index (χ2v) is 4.55. The molecule has 0 saturated heterocycles. The van der Waals surface area contributed by atoms with Crippen LogP contribution in [0.5, 0.6) is 0 Å². The number of nitrogens with zero attached hydrogens (tertiary/aromatic N) is 1. The summed E-state index contributed by atoms with van der Waals surface area (Å²) in [5, 5.41) is 2.79. The standard InChI is InChI=1S/C15H22N2O/c1-4-17(12-14-8-6-5-7-9-14)15(18)16-11-10-13(2)3/h5-11,13H,4,12H2,1-3H3,(H,16,18)/b11-10+. The number of benzene rings is 1. The average molecular weight is 246 g/mol. The first kappa shape index (κ1) is 14.3. The molecule has 0 unspecified atom stereocenters. The minimum atomic E-state index is -0.0572. The van der Waals surface area contributed by atoms with Crippen LogP contribution in [0.1, 0.15) is 26.3 Å². The Kier molecular flexibility index (Phi) is 5.98. The minimum Gasteiger partial charge on any atom is -0.321 e. The molecule has 0 atom stereocenters. The lowest BCUT2D eigenvalue weighted by Crippen LogP contribution is -2.36. The number of rotatable bonds is 5. The fraction of sp³-hybridized carbons (Fsp3) is 0.400. The largest absolute Gasteiger partial charge is 0.321 e. The van der Waals surface area contributed by atoms with Gasteiger partial charge in [-0.1, -0.05) is 50.3 Å². The molecule has 0 aliphatic carbocycles. The second-order valence-electron chi connectivity index (χ2n) is 4.55. The molecule has 1 aromatic rings. The first-order valence-corrected chi connectivity index (χ1v) is 6.39. The smallest absolute Gasteiger partial charge is 0.321 e. The third kappa shape index (κ3) is 5.04. The molecule has 0 fully saturated rings. The summed E-state index contributed by atoms with van der Waals surface area (Å²) in [6, 6.07) is 9.95. The molecule has 18 heavy (non-hydrogen) atoms. The van der Waals surface area contributed by atoms with Gasteiger partial charge in [-0.3, -0.25) is 0 Å². The van der Waals surface area contributed by atoms with Gasteiger partial charge in [-0.25, -0.2) is 4.79 Å². The molecule has 3 nitrogen and oxygen atoms in total. The predicted molar refractivity (Wildman–Crippen MR) is 75.0 cm³/mol. The number of allylic oxidation sites excluding steroid dienone is 1. The zero-order valence-electron chi connectivity index (χ0n) is 11.4. The molecular weight excluding hydrogens is 224 g/mol. The van der Waals surface area contributed by atoms with Gasteiger partial charge in [-0.05, 0) is 18.4 Å². The highest BCUT2D eigenvalue weighted by atomic mass is 16.2. The summed E-state index contributed by atoms with van der Waals surface area (Å²) in [5.41, 5.74) is 1.14. The number of nitrogens with one attached hydrogen (secondary N) is 1. The third-order valence-corrected chi connectivity index (χ3v) is 2.57. The van der Waals surface area contributed by atoms with Crippen LogP contribution >= 0.6 is 0 Å². The van der Waals surface area contributed by atoms with Crippen molar-refractivity contribution in [2.45, 2.75) is 27.3 Å². The molecule has 1 aromatic carbocycles. The van der Waals surface area contributed by atoms with Crippen molar-refractivity contribution >= 4 is 6.03 Å². The molecule has 3 heteroatoms. The molecule has 1 N–H and O–H groups in total. The number of hydrogen-bond acceptors (Lipinski definition) is 1. The van der Waals surface area contributed by atoms with Gasteiger partial charge < -0.3 is 10.2 Å². The fourth-order valence-corrected chi connectivity index (χ4v) is 1.53. The van der Waals surface area contributed by atoms with Gasteiger partial charge in [0.25, 0.3) is 0 Å². The first-order chi connectivity index (χ1) is 8.63. The summed E-state index contributed by atoms with van der Waals surface area (Å²) in [6.45, 7) is 7.46. The highest BCUT2D eigenvalue weighted by Gasteiger charge is 2.09. The molecule has 0 aliphatic heterocycles. The molecule has 0 saturated carbocycles. The van der Waals surface area contributed by atoms with Crippen LogP contribution in [0.15, 0.2) is 42.6 Å². The Hall–Kier alpha value is -1.77. The van der Waals surface area contributed by atoms with E-state index in [-0.39, 0.29) is 6.03 Å². The van der Waals surface area contributed by atoms with E-state index in [2.05, 4.69) is 19.2 Å². The molecule has 2 amide bonds. The first-order valence-electron chi connectivity index (χ1n) is 6.39. The minimum absolute atomic E-state index is 0.0572. The van der Waals surface area contributed by atoms with Crippen LogP contribution in [-0.4, -0.2) is 17.5 Å². The molecule has 0 radical (unpaired) electrons. The third-order valence-electron chi connectivity index (χ3n) is 2.57. The summed E-state index contributed by atoms with van der Waals surface area (Å²) >= 11 is 0. The molecule has 0 spiro atoms. The lowest BCUT2D eigenvalue weighted by atomic mass is 10.2. The van der Waals surface area contributed by atoms with E-state index >= 15 is 0 Å². The van der Waals surface area contributed by atoms with Gasteiger partial charge in [0.15, 0.2) is 0 Å². The summed E-state index contributed by atoms with van der Waals surface area (Å²) < 4.78 is 0. The van der Waals surface area contributed by atoms with Gasteiger partial charge in [-0.2, -0.15) is 0 Å². The topological polar surface area (TPSA) is 32.3 Å². The molecule has 0 aliphatic rings. The van der Waals surface area contributed by atoms with Crippen molar-refractivity contribution < 1.29 is 4.79 Å². The zero-order valence-corrected chi connectivity index (χ0v) is 11.4. The van der Waals surface area contributed by atoms with E-state index in [4.69, 9.17) is 0 Å². The molecule has 0 bridgehead atoms. The number of amides is 2.